The van der Waals surface area contributed by atoms with E-state index in [0.717, 1.165) is 5.01 Å². The lowest BCUT2D eigenvalue weighted by Gasteiger charge is -1.80. The predicted molar refractivity (Wildman–Crippen MR) is 36.3 cm³/mol. The van der Waals surface area contributed by atoms with Crippen molar-refractivity contribution in [1.29, 1.82) is 0 Å². The van der Waals surface area contributed by atoms with Crippen LogP contribution in [0.5, 0.6) is 0 Å². The molecule has 10 heavy (non-hydrogen) atoms. The number of rotatable bonds is 2. The topological polar surface area (TPSA) is 45.7 Å². The monoisotopic (exact) mass is 155 g/mol. The van der Waals surface area contributed by atoms with Gasteiger partial charge in [-0.1, -0.05) is 11.3 Å². The molecule has 1 aliphatic rings. The second-order valence-electron chi connectivity index (χ2n) is 2.45. The molecule has 0 aliphatic heterocycles. The summed E-state index contributed by atoms with van der Waals surface area (Å²) < 4.78 is 0. The van der Waals surface area contributed by atoms with Gasteiger partial charge in [0.1, 0.15) is 16.6 Å². The van der Waals surface area contributed by atoms with E-state index in [-0.39, 0.29) is 6.61 Å². The third kappa shape index (κ3) is 1.04. The SMILES string of the molecule is [O]Cc1nnc(C2CC2)s1. The van der Waals surface area contributed by atoms with Gasteiger partial charge in [0.05, 0.1) is 0 Å². The van der Waals surface area contributed by atoms with E-state index in [1.54, 1.807) is 0 Å². The molecule has 0 saturated heterocycles. The first-order valence-corrected chi connectivity index (χ1v) is 4.12. The third-order valence-electron chi connectivity index (χ3n) is 1.53. The third-order valence-corrected chi connectivity index (χ3v) is 2.59. The molecular formula is C6H7N2OS. The van der Waals surface area contributed by atoms with E-state index in [0.29, 0.717) is 10.9 Å². The zero-order valence-electron chi connectivity index (χ0n) is 5.41. The Labute approximate surface area is 62.7 Å². The second kappa shape index (κ2) is 2.29. The molecule has 1 aromatic heterocycles. The van der Waals surface area contributed by atoms with E-state index in [1.165, 1.54) is 24.2 Å². The van der Waals surface area contributed by atoms with E-state index in [4.69, 9.17) is 0 Å². The van der Waals surface area contributed by atoms with E-state index in [1.807, 2.05) is 0 Å². The molecule has 0 bridgehead atoms. The van der Waals surface area contributed by atoms with Crippen LogP contribution in [0.3, 0.4) is 0 Å². The van der Waals surface area contributed by atoms with Crippen LogP contribution in [-0.2, 0) is 11.7 Å². The van der Waals surface area contributed by atoms with Gasteiger partial charge in [0.2, 0.25) is 0 Å². The largest absolute Gasteiger partial charge is 0.229 e. The van der Waals surface area contributed by atoms with Crippen LogP contribution in [0.25, 0.3) is 0 Å². The van der Waals surface area contributed by atoms with Gasteiger partial charge in [0, 0.05) is 5.92 Å². The highest BCUT2D eigenvalue weighted by Gasteiger charge is 2.27. The van der Waals surface area contributed by atoms with Crippen LogP contribution in [0.2, 0.25) is 0 Å². The minimum atomic E-state index is -0.218. The average Bonchev–Trinajstić information content (AvgIpc) is 2.70. The fourth-order valence-electron chi connectivity index (χ4n) is 0.820. The Morgan fingerprint density at radius 1 is 1.50 bits per heavy atom. The van der Waals surface area contributed by atoms with Crippen molar-refractivity contribution in [2.75, 3.05) is 0 Å². The van der Waals surface area contributed by atoms with Gasteiger partial charge in [0.15, 0.2) is 0 Å². The first kappa shape index (κ1) is 6.24. The number of hydrogen-bond acceptors (Lipinski definition) is 3. The molecule has 0 aromatic carbocycles. The van der Waals surface area contributed by atoms with Gasteiger partial charge in [-0.3, -0.25) is 0 Å². The summed E-state index contributed by atoms with van der Waals surface area (Å²) in [6.07, 6.45) is 2.46. The fraction of sp³-hybridized carbons (Fsp3) is 0.667. The maximum atomic E-state index is 10.3. The summed E-state index contributed by atoms with van der Waals surface area (Å²) in [5.41, 5.74) is 0. The van der Waals surface area contributed by atoms with Crippen molar-refractivity contribution >= 4 is 11.3 Å². The van der Waals surface area contributed by atoms with Gasteiger partial charge in [-0.2, -0.15) is 0 Å². The van der Waals surface area contributed by atoms with Crippen molar-refractivity contribution in [3.63, 3.8) is 0 Å². The van der Waals surface area contributed by atoms with Gasteiger partial charge in [0.25, 0.3) is 0 Å². The van der Waals surface area contributed by atoms with Crippen molar-refractivity contribution in [3.8, 4) is 0 Å². The highest BCUT2D eigenvalue weighted by Crippen LogP contribution is 2.41. The Kier molecular flexibility index (Phi) is 1.43. The first-order chi connectivity index (χ1) is 4.90. The molecule has 0 unspecified atom stereocenters. The van der Waals surface area contributed by atoms with Crippen LogP contribution in [0, 0.1) is 0 Å². The Morgan fingerprint density at radius 3 is 2.80 bits per heavy atom. The molecule has 0 atom stereocenters. The molecule has 0 N–H and O–H groups in total. The summed E-state index contributed by atoms with van der Waals surface area (Å²) in [6.45, 7) is -0.218. The maximum Gasteiger partial charge on any atom is 0.146 e. The van der Waals surface area contributed by atoms with Gasteiger partial charge < -0.3 is 0 Å². The van der Waals surface area contributed by atoms with Crippen LogP contribution in [0.15, 0.2) is 0 Å². The van der Waals surface area contributed by atoms with Crippen molar-refractivity contribution in [3.05, 3.63) is 10.0 Å². The van der Waals surface area contributed by atoms with Crippen molar-refractivity contribution in [2.45, 2.75) is 25.4 Å². The summed E-state index contributed by atoms with van der Waals surface area (Å²) >= 11 is 1.47. The Hall–Kier alpha value is -0.480. The van der Waals surface area contributed by atoms with E-state index >= 15 is 0 Å². The van der Waals surface area contributed by atoms with Crippen LogP contribution in [-0.4, -0.2) is 10.2 Å². The van der Waals surface area contributed by atoms with E-state index < -0.39 is 0 Å². The lowest BCUT2D eigenvalue weighted by Crippen LogP contribution is -1.78. The number of aromatic nitrogens is 2. The zero-order chi connectivity index (χ0) is 6.97. The summed E-state index contributed by atoms with van der Waals surface area (Å²) in [5, 5.41) is 19.7. The minimum absolute atomic E-state index is 0.218. The second-order valence-corrected chi connectivity index (χ2v) is 3.55. The summed E-state index contributed by atoms with van der Waals surface area (Å²) in [6, 6.07) is 0. The molecule has 3 nitrogen and oxygen atoms in total. The lowest BCUT2D eigenvalue weighted by atomic mass is 10.5. The van der Waals surface area contributed by atoms with Crippen LogP contribution >= 0.6 is 11.3 Å². The summed E-state index contributed by atoms with van der Waals surface area (Å²) in [7, 11) is 0. The molecule has 53 valence electrons. The van der Waals surface area contributed by atoms with Crippen LogP contribution in [0.4, 0.5) is 0 Å². The standard InChI is InChI=1S/C6H7N2OS/c9-3-5-7-8-6(10-5)4-1-2-4/h4H,1-3H2. The summed E-state index contributed by atoms with van der Waals surface area (Å²) in [4.78, 5) is 0. The first-order valence-electron chi connectivity index (χ1n) is 3.30. The lowest BCUT2D eigenvalue weighted by molar-refractivity contribution is 0.176. The van der Waals surface area contributed by atoms with Gasteiger partial charge in [-0.15, -0.1) is 10.2 Å². The normalized spacial score (nSPS) is 17.7. The Morgan fingerprint density at radius 2 is 2.30 bits per heavy atom. The number of hydrogen-bond donors (Lipinski definition) is 0. The van der Waals surface area contributed by atoms with Gasteiger partial charge >= 0.3 is 0 Å². The van der Waals surface area contributed by atoms with Gasteiger partial charge in [-0.05, 0) is 12.8 Å². The Bertz CT molecular complexity index is 231. The van der Waals surface area contributed by atoms with E-state index in [2.05, 4.69) is 10.2 Å². The van der Waals surface area contributed by atoms with E-state index in [9.17, 15) is 5.11 Å². The molecule has 1 fully saturated rings. The van der Waals surface area contributed by atoms with Crippen molar-refractivity contribution < 1.29 is 5.11 Å². The van der Waals surface area contributed by atoms with Crippen LogP contribution < -0.4 is 0 Å². The number of nitrogens with zero attached hydrogens (tertiary/aromatic N) is 2. The quantitative estimate of drug-likeness (QED) is 0.647. The molecular weight excluding hydrogens is 148 g/mol. The highest BCUT2D eigenvalue weighted by atomic mass is 32.1. The summed E-state index contributed by atoms with van der Waals surface area (Å²) in [5.74, 6) is 0.637. The minimum Gasteiger partial charge on any atom is -0.229 e. The zero-order valence-corrected chi connectivity index (χ0v) is 6.23. The predicted octanol–water partition coefficient (Wildman–Crippen LogP) is 1.35. The average molecular weight is 155 g/mol. The molecule has 1 saturated carbocycles. The fourth-order valence-corrected chi connectivity index (χ4v) is 1.69. The maximum absolute atomic E-state index is 10.3. The Balaban J connectivity index is 2.19. The highest BCUT2D eigenvalue weighted by molar-refractivity contribution is 7.11. The molecule has 2 rings (SSSR count). The molecule has 0 spiro atoms. The van der Waals surface area contributed by atoms with Crippen molar-refractivity contribution in [2.24, 2.45) is 0 Å². The smallest absolute Gasteiger partial charge is 0.146 e. The van der Waals surface area contributed by atoms with Crippen molar-refractivity contribution in [1.82, 2.24) is 10.2 Å². The molecule has 0 amide bonds. The molecule has 1 aliphatic carbocycles. The molecule has 4 heteroatoms. The molecule has 1 aromatic rings. The molecule has 1 radical (unpaired) electrons. The molecule has 1 heterocycles. The van der Waals surface area contributed by atoms with Gasteiger partial charge in [-0.25, -0.2) is 5.11 Å². The van der Waals surface area contributed by atoms with Crippen LogP contribution in [0.1, 0.15) is 28.8 Å².